The minimum atomic E-state index is -0.238. The lowest BCUT2D eigenvalue weighted by Crippen LogP contribution is -2.19. The quantitative estimate of drug-likeness (QED) is 0.582. The molecule has 0 aliphatic heterocycles. The highest BCUT2D eigenvalue weighted by atomic mass is 35.5. The standard InChI is InChI=1S/C15H21ClFNO/c1-12(5-4-8-18-9-10-19-2)11-13-14(16)6-3-7-15(13)17/h3,5-7,18H,4,8-11H2,1-2H3. The number of allylic oxidation sites excluding steroid dienone is 1. The van der Waals surface area contributed by atoms with Gasteiger partial charge in [0.2, 0.25) is 0 Å². The van der Waals surface area contributed by atoms with Crippen LogP contribution in [0.3, 0.4) is 0 Å². The average molecular weight is 286 g/mol. The molecule has 19 heavy (non-hydrogen) atoms. The molecule has 1 aromatic carbocycles. The van der Waals surface area contributed by atoms with Crippen molar-refractivity contribution >= 4 is 11.6 Å². The Labute approximate surface area is 119 Å². The van der Waals surface area contributed by atoms with E-state index in [2.05, 4.69) is 11.4 Å². The van der Waals surface area contributed by atoms with Gasteiger partial charge in [0, 0.05) is 24.2 Å². The van der Waals surface area contributed by atoms with Gasteiger partial charge in [0.05, 0.1) is 6.61 Å². The van der Waals surface area contributed by atoms with Gasteiger partial charge >= 0.3 is 0 Å². The van der Waals surface area contributed by atoms with E-state index in [-0.39, 0.29) is 5.82 Å². The van der Waals surface area contributed by atoms with Gasteiger partial charge in [-0.1, -0.05) is 29.3 Å². The van der Waals surface area contributed by atoms with Crippen LogP contribution in [0, 0.1) is 5.82 Å². The normalized spacial score (nSPS) is 11.9. The van der Waals surface area contributed by atoms with E-state index in [1.807, 2.05) is 6.92 Å². The molecule has 0 saturated carbocycles. The Balaban J connectivity index is 2.39. The van der Waals surface area contributed by atoms with Gasteiger partial charge in [-0.2, -0.15) is 0 Å². The van der Waals surface area contributed by atoms with E-state index < -0.39 is 0 Å². The number of ether oxygens (including phenoxy) is 1. The van der Waals surface area contributed by atoms with Crippen molar-refractivity contribution in [2.45, 2.75) is 19.8 Å². The van der Waals surface area contributed by atoms with Gasteiger partial charge in [-0.05, 0) is 38.4 Å². The van der Waals surface area contributed by atoms with Crippen LogP contribution in [0.5, 0.6) is 0 Å². The Kier molecular flexibility index (Phi) is 7.72. The second-order valence-corrected chi connectivity index (χ2v) is 4.87. The zero-order valence-electron chi connectivity index (χ0n) is 11.5. The highest BCUT2D eigenvalue weighted by molar-refractivity contribution is 6.31. The maximum absolute atomic E-state index is 13.6. The first-order valence-corrected chi connectivity index (χ1v) is 6.81. The van der Waals surface area contributed by atoms with Crippen molar-refractivity contribution in [2.24, 2.45) is 0 Å². The van der Waals surface area contributed by atoms with Crippen molar-refractivity contribution in [3.8, 4) is 0 Å². The molecule has 0 bridgehead atoms. The average Bonchev–Trinajstić information content (AvgIpc) is 2.38. The van der Waals surface area contributed by atoms with E-state index in [1.54, 1.807) is 19.2 Å². The summed E-state index contributed by atoms with van der Waals surface area (Å²) in [6.07, 6.45) is 3.59. The Morgan fingerprint density at radius 3 is 2.89 bits per heavy atom. The Hall–Kier alpha value is -0.900. The minimum absolute atomic E-state index is 0.238. The summed E-state index contributed by atoms with van der Waals surface area (Å²) in [6, 6.07) is 4.79. The predicted molar refractivity (Wildman–Crippen MR) is 78.2 cm³/mol. The van der Waals surface area contributed by atoms with E-state index >= 15 is 0 Å². The molecule has 0 saturated heterocycles. The fraction of sp³-hybridized carbons (Fsp3) is 0.467. The Morgan fingerprint density at radius 1 is 1.42 bits per heavy atom. The summed E-state index contributed by atoms with van der Waals surface area (Å²) in [5.74, 6) is -0.238. The van der Waals surface area contributed by atoms with Crippen LogP contribution in [0.4, 0.5) is 4.39 Å². The van der Waals surface area contributed by atoms with Crippen molar-refractivity contribution in [3.63, 3.8) is 0 Å². The molecule has 0 heterocycles. The number of hydrogen-bond acceptors (Lipinski definition) is 2. The summed E-state index contributed by atoms with van der Waals surface area (Å²) in [4.78, 5) is 0. The summed E-state index contributed by atoms with van der Waals surface area (Å²) in [6.45, 7) is 4.46. The largest absolute Gasteiger partial charge is 0.383 e. The van der Waals surface area contributed by atoms with Crippen molar-refractivity contribution in [3.05, 3.63) is 46.3 Å². The van der Waals surface area contributed by atoms with Crippen molar-refractivity contribution in [2.75, 3.05) is 26.8 Å². The molecule has 1 N–H and O–H groups in total. The summed E-state index contributed by atoms with van der Waals surface area (Å²) >= 11 is 6.00. The molecule has 0 spiro atoms. The number of nitrogens with one attached hydrogen (secondary N) is 1. The van der Waals surface area contributed by atoms with E-state index in [4.69, 9.17) is 16.3 Å². The lowest BCUT2D eigenvalue weighted by atomic mass is 10.0. The van der Waals surface area contributed by atoms with Gasteiger partial charge < -0.3 is 10.1 Å². The topological polar surface area (TPSA) is 21.3 Å². The van der Waals surface area contributed by atoms with E-state index in [9.17, 15) is 4.39 Å². The molecule has 0 amide bonds. The summed E-state index contributed by atoms with van der Waals surface area (Å²) in [5.41, 5.74) is 1.70. The first-order valence-electron chi connectivity index (χ1n) is 6.43. The molecule has 1 aromatic rings. The molecule has 0 aliphatic carbocycles. The molecule has 1 rings (SSSR count). The molecular weight excluding hydrogens is 265 g/mol. The highest BCUT2D eigenvalue weighted by Crippen LogP contribution is 2.21. The summed E-state index contributed by atoms with van der Waals surface area (Å²) < 4.78 is 18.5. The number of rotatable bonds is 8. The second-order valence-electron chi connectivity index (χ2n) is 4.46. The monoisotopic (exact) mass is 285 g/mol. The number of hydrogen-bond donors (Lipinski definition) is 1. The zero-order valence-corrected chi connectivity index (χ0v) is 12.3. The van der Waals surface area contributed by atoms with Gasteiger partial charge in [0.15, 0.2) is 0 Å². The van der Waals surface area contributed by atoms with Crippen LogP contribution in [0.2, 0.25) is 5.02 Å². The number of halogens is 2. The molecule has 0 radical (unpaired) electrons. The molecular formula is C15H21ClFNO. The lowest BCUT2D eigenvalue weighted by Gasteiger charge is -2.07. The van der Waals surface area contributed by atoms with Crippen LogP contribution in [0.25, 0.3) is 0 Å². The van der Waals surface area contributed by atoms with Crippen LogP contribution in [0.1, 0.15) is 18.9 Å². The van der Waals surface area contributed by atoms with Crippen molar-refractivity contribution < 1.29 is 9.13 Å². The zero-order chi connectivity index (χ0) is 14.1. The first-order chi connectivity index (χ1) is 9.15. The van der Waals surface area contributed by atoms with Crippen molar-refractivity contribution in [1.82, 2.24) is 5.32 Å². The van der Waals surface area contributed by atoms with Gasteiger partial charge in [0.25, 0.3) is 0 Å². The van der Waals surface area contributed by atoms with Gasteiger partial charge in [0.1, 0.15) is 5.82 Å². The molecule has 0 unspecified atom stereocenters. The predicted octanol–water partition coefficient (Wildman–Crippen LogP) is 3.59. The molecule has 0 fully saturated rings. The van der Waals surface area contributed by atoms with Crippen LogP contribution in [-0.2, 0) is 11.2 Å². The summed E-state index contributed by atoms with van der Waals surface area (Å²) in [5, 5.41) is 3.75. The van der Waals surface area contributed by atoms with Gasteiger partial charge in [-0.25, -0.2) is 4.39 Å². The first kappa shape index (κ1) is 16.2. The SMILES string of the molecule is COCCNCCC=C(C)Cc1c(F)cccc1Cl. The minimum Gasteiger partial charge on any atom is -0.383 e. The highest BCUT2D eigenvalue weighted by Gasteiger charge is 2.06. The third-order valence-electron chi connectivity index (χ3n) is 2.81. The van der Waals surface area contributed by atoms with Gasteiger partial charge in [-0.3, -0.25) is 0 Å². The number of benzene rings is 1. The Bertz CT molecular complexity index is 400. The fourth-order valence-electron chi connectivity index (χ4n) is 1.77. The van der Waals surface area contributed by atoms with Crippen molar-refractivity contribution in [1.29, 1.82) is 0 Å². The van der Waals surface area contributed by atoms with Crippen LogP contribution < -0.4 is 5.32 Å². The third kappa shape index (κ3) is 6.19. The van der Waals surface area contributed by atoms with E-state index in [1.165, 1.54) is 6.07 Å². The maximum Gasteiger partial charge on any atom is 0.128 e. The third-order valence-corrected chi connectivity index (χ3v) is 3.17. The van der Waals surface area contributed by atoms with Crippen LogP contribution in [0.15, 0.2) is 29.8 Å². The molecule has 106 valence electrons. The fourth-order valence-corrected chi connectivity index (χ4v) is 2.00. The molecule has 4 heteroatoms. The van der Waals surface area contributed by atoms with E-state index in [0.717, 1.165) is 25.1 Å². The number of methoxy groups -OCH3 is 1. The smallest absolute Gasteiger partial charge is 0.128 e. The molecule has 0 aromatic heterocycles. The lowest BCUT2D eigenvalue weighted by molar-refractivity contribution is 0.199. The Morgan fingerprint density at radius 2 is 2.21 bits per heavy atom. The van der Waals surface area contributed by atoms with E-state index in [0.29, 0.717) is 23.6 Å². The second kappa shape index (κ2) is 9.08. The molecule has 2 nitrogen and oxygen atoms in total. The molecule has 0 atom stereocenters. The van der Waals surface area contributed by atoms with Crippen LogP contribution in [-0.4, -0.2) is 26.8 Å². The van der Waals surface area contributed by atoms with Gasteiger partial charge in [-0.15, -0.1) is 0 Å². The maximum atomic E-state index is 13.6. The summed E-state index contributed by atoms with van der Waals surface area (Å²) in [7, 11) is 1.68. The van der Waals surface area contributed by atoms with Crippen LogP contribution >= 0.6 is 11.6 Å². The molecule has 0 aliphatic rings.